The second kappa shape index (κ2) is 5.61. The van der Waals surface area contributed by atoms with E-state index in [1.54, 1.807) is 0 Å². The molecule has 5 heteroatoms. The van der Waals surface area contributed by atoms with Crippen LogP contribution in [0.2, 0.25) is 0 Å². The van der Waals surface area contributed by atoms with Gasteiger partial charge in [-0.1, -0.05) is 22.4 Å². The zero-order chi connectivity index (χ0) is 13.1. The van der Waals surface area contributed by atoms with Crippen molar-refractivity contribution < 1.29 is 15.0 Å². The highest BCUT2D eigenvalue weighted by atomic mass is 79.9. The SMILES string of the molecule is O=C(NC1CCCC1CBr)c1ccc(O)c(O)c1. The number of benzene rings is 1. The van der Waals surface area contributed by atoms with Crippen LogP contribution in [0.3, 0.4) is 0 Å². The van der Waals surface area contributed by atoms with Crippen LogP contribution in [0, 0.1) is 5.92 Å². The number of amides is 1. The van der Waals surface area contributed by atoms with Gasteiger partial charge in [-0.25, -0.2) is 0 Å². The first-order valence-corrected chi connectivity index (χ1v) is 7.12. The van der Waals surface area contributed by atoms with Crippen LogP contribution in [0.4, 0.5) is 0 Å². The quantitative estimate of drug-likeness (QED) is 0.593. The lowest BCUT2D eigenvalue weighted by Crippen LogP contribution is -2.37. The number of nitrogens with one attached hydrogen (secondary N) is 1. The van der Waals surface area contributed by atoms with Crippen LogP contribution in [0.1, 0.15) is 29.6 Å². The molecule has 4 nitrogen and oxygen atoms in total. The zero-order valence-electron chi connectivity index (χ0n) is 9.90. The van der Waals surface area contributed by atoms with E-state index in [9.17, 15) is 15.0 Å². The van der Waals surface area contributed by atoms with Gasteiger partial charge in [-0.3, -0.25) is 4.79 Å². The van der Waals surface area contributed by atoms with Crippen LogP contribution in [0.25, 0.3) is 0 Å². The Morgan fingerprint density at radius 3 is 2.78 bits per heavy atom. The molecule has 1 amide bonds. The molecule has 1 aliphatic rings. The minimum atomic E-state index is -0.272. The Labute approximate surface area is 114 Å². The van der Waals surface area contributed by atoms with Crippen LogP contribution in [-0.2, 0) is 0 Å². The number of phenols is 2. The van der Waals surface area contributed by atoms with Gasteiger partial charge in [-0.05, 0) is 37.0 Å². The Morgan fingerprint density at radius 2 is 2.11 bits per heavy atom. The molecule has 0 radical (unpaired) electrons. The van der Waals surface area contributed by atoms with E-state index in [0.717, 1.165) is 24.6 Å². The molecule has 18 heavy (non-hydrogen) atoms. The summed E-state index contributed by atoms with van der Waals surface area (Å²) in [6.45, 7) is 0. The number of carbonyl (C=O) groups excluding carboxylic acids is 1. The van der Waals surface area contributed by atoms with Crippen molar-refractivity contribution in [2.24, 2.45) is 5.92 Å². The van der Waals surface area contributed by atoms with Gasteiger partial charge in [0.1, 0.15) is 0 Å². The average Bonchev–Trinajstić information content (AvgIpc) is 2.79. The molecular weight excluding hydrogens is 298 g/mol. The number of phenolic OH excluding ortho intramolecular Hbond substituents is 2. The van der Waals surface area contributed by atoms with Crippen LogP contribution < -0.4 is 5.32 Å². The first-order chi connectivity index (χ1) is 8.61. The Kier molecular flexibility index (Phi) is 4.11. The van der Waals surface area contributed by atoms with Gasteiger partial charge in [0, 0.05) is 16.9 Å². The van der Waals surface area contributed by atoms with Gasteiger partial charge >= 0.3 is 0 Å². The summed E-state index contributed by atoms with van der Waals surface area (Å²) in [4.78, 5) is 12.0. The molecule has 2 rings (SSSR count). The van der Waals surface area contributed by atoms with Gasteiger partial charge < -0.3 is 15.5 Å². The lowest BCUT2D eigenvalue weighted by atomic mass is 10.1. The van der Waals surface area contributed by atoms with E-state index in [1.807, 2.05) is 0 Å². The Morgan fingerprint density at radius 1 is 1.33 bits per heavy atom. The molecule has 1 aromatic rings. The van der Waals surface area contributed by atoms with Crippen LogP contribution >= 0.6 is 15.9 Å². The first kappa shape index (κ1) is 13.2. The fraction of sp³-hybridized carbons (Fsp3) is 0.462. The number of carbonyl (C=O) groups is 1. The monoisotopic (exact) mass is 313 g/mol. The molecule has 1 saturated carbocycles. The van der Waals surface area contributed by atoms with Crippen LogP contribution in [-0.4, -0.2) is 27.5 Å². The number of alkyl halides is 1. The van der Waals surface area contributed by atoms with E-state index >= 15 is 0 Å². The summed E-state index contributed by atoms with van der Waals surface area (Å²) in [5.74, 6) is -0.223. The summed E-state index contributed by atoms with van der Waals surface area (Å²) >= 11 is 3.46. The summed E-state index contributed by atoms with van der Waals surface area (Å²) in [5.41, 5.74) is 0.366. The maximum atomic E-state index is 12.0. The molecule has 0 spiro atoms. The van der Waals surface area contributed by atoms with Crippen molar-refractivity contribution >= 4 is 21.8 Å². The summed E-state index contributed by atoms with van der Waals surface area (Å²) in [7, 11) is 0. The molecule has 0 bridgehead atoms. The number of hydrogen-bond acceptors (Lipinski definition) is 3. The number of halogens is 1. The summed E-state index contributed by atoms with van der Waals surface area (Å²) in [6.07, 6.45) is 3.24. The first-order valence-electron chi connectivity index (χ1n) is 6.00. The van der Waals surface area contributed by atoms with E-state index in [-0.39, 0.29) is 23.4 Å². The normalized spacial score (nSPS) is 22.9. The fourth-order valence-electron chi connectivity index (χ4n) is 2.33. The third kappa shape index (κ3) is 2.77. The Bertz CT molecular complexity index is 450. The highest BCUT2D eigenvalue weighted by Crippen LogP contribution is 2.28. The molecular formula is C13H16BrNO3. The van der Waals surface area contributed by atoms with Crippen molar-refractivity contribution in [2.75, 3.05) is 5.33 Å². The summed E-state index contributed by atoms with van der Waals surface area (Å²) in [5, 5.41) is 22.4. The van der Waals surface area contributed by atoms with Gasteiger partial charge in [-0.15, -0.1) is 0 Å². The highest BCUT2D eigenvalue weighted by molar-refractivity contribution is 9.09. The smallest absolute Gasteiger partial charge is 0.251 e. The molecule has 1 fully saturated rings. The largest absolute Gasteiger partial charge is 0.504 e. The molecule has 2 atom stereocenters. The Balaban J connectivity index is 2.05. The van der Waals surface area contributed by atoms with E-state index in [4.69, 9.17) is 0 Å². The molecule has 0 aromatic heterocycles. The number of hydrogen-bond donors (Lipinski definition) is 3. The van der Waals surface area contributed by atoms with Gasteiger partial charge in [0.25, 0.3) is 5.91 Å². The minimum Gasteiger partial charge on any atom is -0.504 e. The van der Waals surface area contributed by atoms with Gasteiger partial charge in [-0.2, -0.15) is 0 Å². The molecule has 0 aliphatic heterocycles. The molecule has 0 heterocycles. The van der Waals surface area contributed by atoms with Crippen LogP contribution in [0.5, 0.6) is 11.5 Å². The summed E-state index contributed by atoms with van der Waals surface area (Å²) in [6, 6.07) is 4.29. The van der Waals surface area contributed by atoms with E-state index in [1.165, 1.54) is 18.2 Å². The lowest BCUT2D eigenvalue weighted by molar-refractivity contribution is 0.0930. The van der Waals surface area contributed by atoms with Crippen molar-refractivity contribution in [2.45, 2.75) is 25.3 Å². The summed E-state index contributed by atoms with van der Waals surface area (Å²) < 4.78 is 0. The molecule has 3 N–H and O–H groups in total. The maximum Gasteiger partial charge on any atom is 0.251 e. The van der Waals surface area contributed by atoms with Crippen LogP contribution in [0.15, 0.2) is 18.2 Å². The van der Waals surface area contributed by atoms with E-state index in [2.05, 4.69) is 21.2 Å². The molecule has 0 saturated heterocycles. The second-order valence-corrected chi connectivity index (χ2v) is 5.28. The lowest BCUT2D eigenvalue weighted by Gasteiger charge is -2.19. The molecule has 98 valence electrons. The molecule has 1 aromatic carbocycles. The number of aromatic hydroxyl groups is 2. The van der Waals surface area contributed by atoms with Crippen molar-refractivity contribution in [3.05, 3.63) is 23.8 Å². The third-order valence-electron chi connectivity index (χ3n) is 3.41. The van der Waals surface area contributed by atoms with E-state index < -0.39 is 0 Å². The topological polar surface area (TPSA) is 69.6 Å². The zero-order valence-corrected chi connectivity index (χ0v) is 11.5. The molecule has 1 aliphatic carbocycles. The predicted molar refractivity (Wildman–Crippen MR) is 72.2 cm³/mol. The maximum absolute atomic E-state index is 12.0. The van der Waals surface area contributed by atoms with Gasteiger partial charge in [0.2, 0.25) is 0 Å². The van der Waals surface area contributed by atoms with Crippen molar-refractivity contribution in [1.82, 2.24) is 5.32 Å². The molecule has 2 unspecified atom stereocenters. The second-order valence-electron chi connectivity index (χ2n) is 4.63. The van der Waals surface area contributed by atoms with Crippen molar-refractivity contribution in [1.29, 1.82) is 0 Å². The predicted octanol–water partition coefficient (Wildman–Crippen LogP) is 2.39. The van der Waals surface area contributed by atoms with Crippen molar-refractivity contribution in [3.8, 4) is 11.5 Å². The van der Waals surface area contributed by atoms with Gasteiger partial charge in [0.05, 0.1) is 0 Å². The Hall–Kier alpha value is -1.23. The van der Waals surface area contributed by atoms with Crippen molar-refractivity contribution in [3.63, 3.8) is 0 Å². The number of rotatable bonds is 3. The standard InChI is InChI=1S/C13H16BrNO3/c14-7-9-2-1-3-10(9)15-13(18)8-4-5-11(16)12(17)6-8/h4-6,9-10,16-17H,1-3,7H2,(H,15,18). The van der Waals surface area contributed by atoms with Gasteiger partial charge in [0.15, 0.2) is 11.5 Å². The third-order valence-corrected chi connectivity index (χ3v) is 4.24. The van der Waals surface area contributed by atoms with E-state index in [0.29, 0.717) is 11.5 Å². The average molecular weight is 314 g/mol. The minimum absolute atomic E-state index is 0.188. The fourth-order valence-corrected chi connectivity index (χ4v) is 3.10. The highest BCUT2D eigenvalue weighted by Gasteiger charge is 2.27.